The third-order valence-corrected chi connectivity index (χ3v) is 5.73. The van der Waals surface area contributed by atoms with E-state index in [1.165, 1.54) is 54.0 Å². The SMILES string of the molecule is NC1(N2SC(S)=C3CCCC=C32)CCCCC1. The highest BCUT2D eigenvalue weighted by molar-refractivity contribution is 8.14. The van der Waals surface area contributed by atoms with Crippen LogP contribution in [0.25, 0.3) is 0 Å². The summed E-state index contributed by atoms with van der Waals surface area (Å²) in [4.78, 5) is 0. The first kappa shape index (κ1) is 12.0. The topological polar surface area (TPSA) is 29.3 Å². The smallest absolute Gasteiger partial charge is 0.0993 e. The Bertz CT molecular complexity index is 381. The summed E-state index contributed by atoms with van der Waals surface area (Å²) >= 11 is 6.40. The molecule has 3 rings (SSSR count). The highest BCUT2D eigenvalue weighted by Gasteiger charge is 2.41. The lowest BCUT2D eigenvalue weighted by Crippen LogP contribution is -2.52. The summed E-state index contributed by atoms with van der Waals surface area (Å²) in [5.74, 6) is 0. The van der Waals surface area contributed by atoms with Crippen molar-refractivity contribution >= 4 is 24.6 Å². The Balaban J connectivity index is 1.88. The van der Waals surface area contributed by atoms with Crippen molar-refractivity contribution in [2.45, 2.75) is 57.0 Å². The van der Waals surface area contributed by atoms with Crippen LogP contribution < -0.4 is 5.73 Å². The van der Waals surface area contributed by atoms with Gasteiger partial charge in [0, 0.05) is 0 Å². The fourth-order valence-corrected chi connectivity index (χ4v) is 4.69. The van der Waals surface area contributed by atoms with E-state index in [-0.39, 0.29) is 5.66 Å². The van der Waals surface area contributed by atoms with Crippen molar-refractivity contribution in [2.24, 2.45) is 5.73 Å². The Labute approximate surface area is 113 Å². The fourth-order valence-electron chi connectivity index (χ4n) is 3.08. The Morgan fingerprint density at radius 3 is 2.76 bits per heavy atom. The first-order valence-corrected chi connectivity index (χ1v) is 7.82. The lowest BCUT2D eigenvalue weighted by molar-refractivity contribution is 0.178. The van der Waals surface area contributed by atoms with E-state index in [2.05, 4.69) is 23.0 Å². The second-order valence-electron chi connectivity index (χ2n) is 5.32. The van der Waals surface area contributed by atoms with Gasteiger partial charge in [-0.1, -0.05) is 12.5 Å². The molecule has 1 saturated carbocycles. The number of hydrogen-bond acceptors (Lipinski definition) is 4. The van der Waals surface area contributed by atoms with Crippen LogP contribution in [-0.4, -0.2) is 9.97 Å². The predicted octanol–water partition coefficient (Wildman–Crippen LogP) is 3.78. The molecular formula is C13H20N2S2. The van der Waals surface area contributed by atoms with E-state index in [4.69, 9.17) is 5.73 Å². The Hall–Kier alpha value is -0.0600. The van der Waals surface area contributed by atoms with Crippen LogP contribution in [0.3, 0.4) is 0 Å². The first-order valence-electron chi connectivity index (χ1n) is 6.60. The molecule has 0 radical (unpaired) electrons. The van der Waals surface area contributed by atoms with Crippen LogP contribution in [0.1, 0.15) is 51.4 Å². The molecule has 2 aliphatic carbocycles. The lowest BCUT2D eigenvalue weighted by Gasteiger charge is -2.43. The molecule has 2 N–H and O–H groups in total. The number of nitrogens with two attached hydrogens (primary N) is 1. The van der Waals surface area contributed by atoms with Crippen molar-refractivity contribution in [3.63, 3.8) is 0 Å². The number of fused-ring (bicyclic) bond motifs is 1. The van der Waals surface area contributed by atoms with Gasteiger partial charge >= 0.3 is 0 Å². The van der Waals surface area contributed by atoms with E-state index < -0.39 is 0 Å². The van der Waals surface area contributed by atoms with E-state index >= 15 is 0 Å². The molecule has 0 aromatic carbocycles. The van der Waals surface area contributed by atoms with Gasteiger partial charge in [0.25, 0.3) is 0 Å². The average molecular weight is 268 g/mol. The first-order chi connectivity index (χ1) is 8.21. The molecule has 94 valence electrons. The minimum Gasteiger partial charge on any atom is -0.308 e. The van der Waals surface area contributed by atoms with Crippen molar-refractivity contribution in [3.8, 4) is 0 Å². The van der Waals surface area contributed by atoms with Crippen molar-refractivity contribution in [1.29, 1.82) is 0 Å². The molecular weight excluding hydrogens is 248 g/mol. The zero-order valence-corrected chi connectivity index (χ0v) is 11.8. The standard InChI is InChI=1S/C13H20N2S2/c14-13(8-4-1-5-9-13)15-11-7-3-2-6-10(11)12(16)17-15/h7,16H,1-6,8-9,14H2. The summed E-state index contributed by atoms with van der Waals surface area (Å²) in [5.41, 5.74) is 9.30. The predicted molar refractivity (Wildman–Crippen MR) is 77.4 cm³/mol. The highest BCUT2D eigenvalue weighted by atomic mass is 32.2. The molecule has 4 heteroatoms. The molecule has 1 aliphatic heterocycles. The Morgan fingerprint density at radius 2 is 2.00 bits per heavy atom. The van der Waals surface area contributed by atoms with Crippen molar-refractivity contribution < 1.29 is 0 Å². The van der Waals surface area contributed by atoms with Crippen molar-refractivity contribution in [2.75, 3.05) is 0 Å². The quantitative estimate of drug-likeness (QED) is 0.560. The van der Waals surface area contributed by atoms with Crippen LogP contribution in [0.2, 0.25) is 0 Å². The molecule has 0 atom stereocenters. The van der Waals surface area contributed by atoms with Crippen LogP contribution in [0.4, 0.5) is 0 Å². The van der Waals surface area contributed by atoms with Gasteiger partial charge < -0.3 is 5.73 Å². The van der Waals surface area contributed by atoms with E-state index in [1.54, 1.807) is 11.9 Å². The van der Waals surface area contributed by atoms with Crippen LogP contribution in [0.5, 0.6) is 0 Å². The maximum Gasteiger partial charge on any atom is 0.0993 e. The van der Waals surface area contributed by atoms with Gasteiger partial charge in [-0.25, -0.2) is 0 Å². The number of hydrogen-bond donors (Lipinski definition) is 2. The van der Waals surface area contributed by atoms with Gasteiger partial charge in [0.2, 0.25) is 0 Å². The third kappa shape index (κ3) is 2.04. The molecule has 0 unspecified atom stereocenters. The maximum atomic E-state index is 6.64. The van der Waals surface area contributed by atoms with Gasteiger partial charge in [-0.3, -0.25) is 4.31 Å². The molecule has 3 aliphatic rings. The van der Waals surface area contributed by atoms with Gasteiger partial charge in [-0.15, -0.1) is 12.6 Å². The molecule has 0 spiro atoms. The third-order valence-electron chi connectivity index (χ3n) is 4.06. The molecule has 0 bridgehead atoms. The molecule has 2 nitrogen and oxygen atoms in total. The van der Waals surface area contributed by atoms with Gasteiger partial charge in [0.15, 0.2) is 0 Å². The van der Waals surface area contributed by atoms with Crippen LogP contribution >= 0.6 is 24.6 Å². The van der Waals surface area contributed by atoms with Crippen molar-refractivity contribution in [1.82, 2.24) is 4.31 Å². The largest absolute Gasteiger partial charge is 0.308 e. The zero-order chi connectivity index (χ0) is 11.9. The zero-order valence-electron chi connectivity index (χ0n) is 10.1. The molecule has 0 amide bonds. The summed E-state index contributed by atoms with van der Waals surface area (Å²) in [7, 11) is 0. The van der Waals surface area contributed by atoms with Crippen molar-refractivity contribution in [3.05, 3.63) is 21.6 Å². The molecule has 1 heterocycles. The molecule has 1 fully saturated rings. The molecule has 0 saturated heterocycles. The van der Waals surface area contributed by atoms with E-state index in [9.17, 15) is 0 Å². The molecule has 0 aromatic heterocycles. The summed E-state index contributed by atoms with van der Waals surface area (Å²) < 4.78 is 3.54. The Kier molecular flexibility index (Phi) is 3.22. The number of rotatable bonds is 1. The maximum absolute atomic E-state index is 6.64. The normalized spacial score (nSPS) is 28.1. The second kappa shape index (κ2) is 4.56. The van der Waals surface area contributed by atoms with Gasteiger partial charge in [-0.2, -0.15) is 0 Å². The van der Waals surface area contributed by atoms with Gasteiger partial charge in [-0.05, 0) is 62.5 Å². The summed E-state index contributed by atoms with van der Waals surface area (Å²) in [6.07, 6.45) is 12.1. The minimum atomic E-state index is -0.137. The second-order valence-corrected chi connectivity index (χ2v) is 7.02. The number of allylic oxidation sites excluding steroid dienone is 2. The van der Waals surface area contributed by atoms with Gasteiger partial charge in [0.1, 0.15) is 0 Å². The monoisotopic (exact) mass is 268 g/mol. The van der Waals surface area contributed by atoms with E-state index in [0.29, 0.717) is 0 Å². The van der Waals surface area contributed by atoms with E-state index in [0.717, 1.165) is 12.8 Å². The number of thiol groups is 1. The minimum absolute atomic E-state index is 0.137. The number of nitrogens with zero attached hydrogens (tertiary/aromatic N) is 1. The lowest BCUT2D eigenvalue weighted by atomic mass is 9.88. The highest BCUT2D eigenvalue weighted by Crippen LogP contribution is 2.51. The molecule has 17 heavy (non-hydrogen) atoms. The van der Waals surface area contributed by atoms with Crippen LogP contribution in [0, 0.1) is 0 Å². The van der Waals surface area contributed by atoms with Gasteiger partial charge in [0.05, 0.1) is 15.6 Å². The summed E-state index contributed by atoms with van der Waals surface area (Å²) in [5, 5.41) is 0. The molecule has 0 aromatic rings. The summed E-state index contributed by atoms with van der Waals surface area (Å²) in [6.45, 7) is 0. The summed E-state index contributed by atoms with van der Waals surface area (Å²) in [6, 6.07) is 0. The van der Waals surface area contributed by atoms with Crippen LogP contribution in [0.15, 0.2) is 21.6 Å². The Morgan fingerprint density at radius 1 is 1.24 bits per heavy atom. The average Bonchev–Trinajstić information content (AvgIpc) is 2.69. The van der Waals surface area contributed by atoms with E-state index in [1.807, 2.05) is 0 Å². The van der Waals surface area contributed by atoms with Crippen LogP contribution in [-0.2, 0) is 0 Å². The fraction of sp³-hybridized carbons (Fsp3) is 0.692.